The number of nitrogens with zero attached hydrogens (tertiary/aromatic N) is 1. The standard InChI is InChI=1S/C19H19NO3/c1-19(2,23)17-16(18(21)22)14-10-6-7-11-15(14)20(17)12-13-8-4-3-5-9-13/h3-11,23H,12H2,1-2H3,(H,21,22). The van der Waals surface area contributed by atoms with Crippen LogP contribution in [0.25, 0.3) is 10.9 Å². The fraction of sp³-hybridized carbons (Fsp3) is 0.211. The van der Waals surface area contributed by atoms with Gasteiger partial charge in [0.25, 0.3) is 0 Å². The van der Waals surface area contributed by atoms with E-state index in [9.17, 15) is 15.0 Å². The van der Waals surface area contributed by atoms with Crippen molar-refractivity contribution in [3.8, 4) is 0 Å². The fourth-order valence-corrected chi connectivity index (χ4v) is 3.09. The average Bonchev–Trinajstić information content (AvgIpc) is 2.83. The van der Waals surface area contributed by atoms with E-state index in [-0.39, 0.29) is 5.56 Å². The molecule has 4 heteroatoms. The van der Waals surface area contributed by atoms with E-state index in [2.05, 4.69) is 0 Å². The highest BCUT2D eigenvalue weighted by Crippen LogP contribution is 2.34. The fourth-order valence-electron chi connectivity index (χ4n) is 3.09. The van der Waals surface area contributed by atoms with Crippen molar-refractivity contribution in [2.75, 3.05) is 0 Å². The van der Waals surface area contributed by atoms with Crippen LogP contribution in [-0.4, -0.2) is 20.7 Å². The number of para-hydroxylation sites is 1. The molecule has 0 radical (unpaired) electrons. The third-order valence-electron chi connectivity index (χ3n) is 3.95. The molecule has 2 aromatic carbocycles. The minimum atomic E-state index is -1.26. The Kier molecular flexibility index (Phi) is 3.70. The summed E-state index contributed by atoms with van der Waals surface area (Å²) in [6.45, 7) is 3.75. The van der Waals surface area contributed by atoms with Crippen LogP contribution in [0.4, 0.5) is 0 Å². The minimum Gasteiger partial charge on any atom is -0.478 e. The highest BCUT2D eigenvalue weighted by Gasteiger charge is 2.31. The summed E-state index contributed by atoms with van der Waals surface area (Å²) in [5.74, 6) is -1.02. The second-order valence-corrected chi connectivity index (χ2v) is 6.18. The molecule has 0 unspecified atom stereocenters. The molecule has 0 amide bonds. The lowest BCUT2D eigenvalue weighted by Crippen LogP contribution is -2.24. The van der Waals surface area contributed by atoms with E-state index < -0.39 is 11.6 Å². The third-order valence-corrected chi connectivity index (χ3v) is 3.95. The van der Waals surface area contributed by atoms with E-state index in [0.29, 0.717) is 17.6 Å². The molecule has 4 nitrogen and oxygen atoms in total. The molecule has 0 atom stereocenters. The van der Waals surface area contributed by atoms with E-state index in [1.54, 1.807) is 19.9 Å². The minimum absolute atomic E-state index is 0.170. The molecular weight excluding hydrogens is 290 g/mol. The van der Waals surface area contributed by atoms with Crippen LogP contribution in [0.15, 0.2) is 54.6 Å². The van der Waals surface area contributed by atoms with E-state index in [1.807, 2.05) is 53.1 Å². The summed E-state index contributed by atoms with van der Waals surface area (Å²) in [4.78, 5) is 11.8. The summed E-state index contributed by atoms with van der Waals surface area (Å²) < 4.78 is 1.90. The van der Waals surface area contributed by atoms with Crippen molar-refractivity contribution >= 4 is 16.9 Å². The maximum atomic E-state index is 11.8. The van der Waals surface area contributed by atoms with Gasteiger partial charge >= 0.3 is 5.97 Å². The lowest BCUT2D eigenvalue weighted by atomic mass is 9.99. The monoisotopic (exact) mass is 309 g/mol. The van der Waals surface area contributed by atoms with Gasteiger partial charge in [-0.05, 0) is 25.5 Å². The van der Waals surface area contributed by atoms with Crippen LogP contribution in [-0.2, 0) is 12.1 Å². The number of aromatic nitrogens is 1. The second-order valence-electron chi connectivity index (χ2n) is 6.18. The van der Waals surface area contributed by atoms with Crippen molar-refractivity contribution in [3.63, 3.8) is 0 Å². The van der Waals surface area contributed by atoms with E-state index in [1.165, 1.54) is 0 Å². The van der Waals surface area contributed by atoms with Crippen LogP contribution in [0, 0.1) is 0 Å². The summed E-state index contributed by atoms with van der Waals surface area (Å²) in [5.41, 5.74) is 1.20. The molecule has 0 aliphatic carbocycles. The van der Waals surface area contributed by atoms with Gasteiger partial charge < -0.3 is 14.8 Å². The van der Waals surface area contributed by atoms with Crippen LogP contribution in [0.3, 0.4) is 0 Å². The number of benzene rings is 2. The number of hydrogen-bond acceptors (Lipinski definition) is 2. The maximum Gasteiger partial charge on any atom is 0.338 e. The molecule has 2 N–H and O–H groups in total. The molecule has 118 valence electrons. The molecule has 0 bridgehead atoms. The maximum absolute atomic E-state index is 11.8. The Morgan fingerprint density at radius 3 is 2.26 bits per heavy atom. The molecular formula is C19H19NO3. The summed E-state index contributed by atoms with van der Waals surface area (Å²) in [5, 5.41) is 20.9. The summed E-state index contributed by atoms with van der Waals surface area (Å²) in [6, 6.07) is 17.2. The highest BCUT2D eigenvalue weighted by atomic mass is 16.4. The van der Waals surface area contributed by atoms with Crippen molar-refractivity contribution < 1.29 is 15.0 Å². The number of aromatic carboxylic acids is 1. The second kappa shape index (κ2) is 5.56. The number of hydrogen-bond donors (Lipinski definition) is 2. The van der Waals surface area contributed by atoms with Crippen LogP contribution in [0.5, 0.6) is 0 Å². The third kappa shape index (κ3) is 2.73. The lowest BCUT2D eigenvalue weighted by Gasteiger charge is -2.22. The predicted molar refractivity (Wildman–Crippen MR) is 89.7 cm³/mol. The number of carbonyl (C=O) groups is 1. The lowest BCUT2D eigenvalue weighted by molar-refractivity contribution is 0.0597. The Balaban J connectivity index is 2.33. The zero-order valence-corrected chi connectivity index (χ0v) is 13.2. The first kappa shape index (κ1) is 15.3. The topological polar surface area (TPSA) is 62.5 Å². The highest BCUT2D eigenvalue weighted by molar-refractivity contribution is 6.05. The SMILES string of the molecule is CC(C)(O)c1c(C(=O)O)c2ccccc2n1Cc1ccccc1. The van der Waals surface area contributed by atoms with Gasteiger partial charge in [0.15, 0.2) is 0 Å². The molecule has 1 aromatic heterocycles. The zero-order valence-electron chi connectivity index (χ0n) is 13.2. The summed E-state index contributed by atoms with van der Waals surface area (Å²) >= 11 is 0. The van der Waals surface area contributed by atoms with Crippen molar-refractivity contribution in [1.82, 2.24) is 4.57 Å². The van der Waals surface area contributed by atoms with Crippen LogP contribution < -0.4 is 0 Å². The van der Waals surface area contributed by atoms with Crippen molar-refractivity contribution in [3.05, 3.63) is 71.4 Å². The molecule has 3 aromatic rings. The first-order valence-electron chi connectivity index (χ1n) is 7.51. The average molecular weight is 309 g/mol. The van der Waals surface area contributed by atoms with Crippen molar-refractivity contribution in [2.24, 2.45) is 0 Å². The van der Waals surface area contributed by atoms with E-state index in [0.717, 1.165) is 11.1 Å². The van der Waals surface area contributed by atoms with Crippen molar-refractivity contribution in [1.29, 1.82) is 0 Å². The molecule has 0 aliphatic rings. The van der Waals surface area contributed by atoms with Gasteiger partial charge in [0.1, 0.15) is 0 Å². The Bertz CT molecular complexity index is 857. The molecule has 0 saturated carbocycles. The number of carboxylic acids is 1. The zero-order chi connectivity index (χ0) is 16.6. The Hall–Kier alpha value is -2.59. The quantitative estimate of drug-likeness (QED) is 0.774. The molecule has 0 fully saturated rings. The molecule has 0 spiro atoms. The first-order chi connectivity index (χ1) is 10.9. The van der Waals surface area contributed by atoms with Gasteiger partial charge in [0.2, 0.25) is 0 Å². The van der Waals surface area contributed by atoms with Gasteiger partial charge in [0.05, 0.1) is 16.9 Å². The molecule has 3 rings (SSSR count). The van der Waals surface area contributed by atoms with Crippen LogP contribution in [0.1, 0.15) is 35.5 Å². The van der Waals surface area contributed by atoms with E-state index in [4.69, 9.17) is 0 Å². The van der Waals surface area contributed by atoms with Gasteiger partial charge in [-0.25, -0.2) is 4.79 Å². The number of aliphatic hydroxyl groups is 1. The smallest absolute Gasteiger partial charge is 0.338 e. The Morgan fingerprint density at radius 2 is 1.65 bits per heavy atom. The molecule has 0 aliphatic heterocycles. The first-order valence-corrected chi connectivity index (χ1v) is 7.51. The Morgan fingerprint density at radius 1 is 1.04 bits per heavy atom. The number of rotatable bonds is 4. The van der Waals surface area contributed by atoms with Crippen LogP contribution in [0.2, 0.25) is 0 Å². The number of fused-ring (bicyclic) bond motifs is 1. The van der Waals surface area contributed by atoms with Crippen LogP contribution >= 0.6 is 0 Å². The van der Waals surface area contributed by atoms with Gasteiger partial charge in [-0.3, -0.25) is 0 Å². The number of carboxylic acid groups (broad SMARTS) is 1. The summed E-state index contributed by atoms with van der Waals surface area (Å²) in [6.07, 6.45) is 0. The van der Waals surface area contributed by atoms with Crippen molar-refractivity contribution in [2.45, 2.75) is 26.0 Å². The largest absolute Gasteiger partial charge is 0.478 e. The molecule has 0 saturated heterocycles. The predicted octanol–water partition coefficient (Wildman–Crippen LogP) is 3.62. The van der Waals surface area contributed by atoms with Gasteiger partial charge in [-0.1, -0.05) is 48.5 Å². The normalized spacial score (nSPS) is 11.8. The molecule has 1 heterocycles. The summed E-state index contributed by atoms with van der Waals surface area (Å²) in [7, 11) is 0. The van der Waals surface area contributed by atoms with Gasteiger partial charge in [0, 0.05) is 17.4 Å². The van der Waals surface area contributed by atoms with Gasteiger partial charge in [-0.15, -0.1) is 0 Å². The Labute approximate surface area is 134 Å². The van der Waals surface area contributed by atoms with E-state index >= 15 is 0 Å². The van der Waals surface area contributed by atoms with Gasteiger partial charge in [-0.2, -0.15) is 0 Å². The molecule has 23 heavy (non-hydrogen) atoms.